The van der Waals surface area contributed by atoms with Gasteiger partial charge in [-0.25, -0.2) is 0 Å². The fourth-order valence-corrected chi connectivity index (χ4v) is 1.48. The van der Waals surface area contributed by atoms with Crippen LogP contribution in [0.2, 0.25) is 0 Å². The average molecular weight is 182 g/mol. The molecule has 0 saturated carbocycles. The molecule has 1 aromatic rings. The first kappa shape index (κ1) is 9.62. The zero-order chi connectivity index (χ0) is 8.81. The molecular weight excluding hydrogens is 168 g/mol. The monoisotopic (exact) mass is 182 g/mol. The minimum absolute atomic E-state index is 0.282. The number of benzene rings is 1. The van der Waals surface area contributed by atoms with Gasteiger partial charge < -0.3 is 5.11 Å². The largest absolute Gasteiger partial charge is 0.396 e. The molecule has 0 aliphatic rings. The van der Waals surface area contributed by atoms with Gasteiger partial charge in [-0.2, -0.15) is 0 Å². The Bertz CT molecular complexity index is 218. The van der Waals surface area contributed by atoms with Gasteiger partial charge in [-0.05, 0) is 36.8 Å². The van der Waals surface area contributed by atoms with Gasteiger partial charge in [0.05, 0.1) is 0 Å². The molecule has 12 heavy (non-hydrogen) atoms. The van der Waals surface area contributed by atoms with Crippen LogP contribution in [0.1, 0.15) is 12.0 Å². The van der Waals surface area contributed by atoms with E-state index in [4.69, 9.17) is 5.11 Å². The van der Waals surface area contributed by atoms with Gasteiger partial charge in [-0.15, -0.1) is 11.8 Å². The second-order valence-electron chi connectivity index (χ2n) is 2.68. The first-order valence-electron chi connectivity index (χ1n) is 4.10. The molecule has 1 nitrogen and oxygen atoms in total. The summed E-state index contributed by atoms with van der Waals surface area (Å²) < 4.78 is 0. The number of hydrogen-bond donors (Lipinski definition) is 1. The van der Waals surface area contributed by atoms with Crippen LogP contribution in [0.25, 0.3) is 0 Å². The van der Waals surface area contributed by atoms with Crippen molar-refractivity contribution in [3.8, 4) is 0 Å². The molecule has 0 aliphatic carbocycles. The zero-order valence-electron chi connectivity index (χ0n) is 7.29. The van der Waals surface area contributed by atoms with Crippen LogP contribution in [0.4, 0.5) is 0 Å². The Labute approximate surface area is 77.8 Å². The Hall–Kier alpha value is -0.470. The molecule has 1 aromatic carbocycles. The maximum Gasteiger partial charge on any atom is 0.0434 e. The van der Waals surface area contributed by atoms with Gasteiger partial charge in [0.25, 0.3) is 0 Å². The van der Waals surface area contributed by atoms with Crippen LogP contribution in [0.3, 0.4) is 0 Å². The van der Waals surface area contributed by atoms with Crippen molar-refractivity contribution in [2.75, 3.05) is 12.9 Å². The smallest absolute Gasteiger partial charge is 0.0434 e. The molecule has 1 rings (SSSR count). The fourth-order valence-electron chi connectivity index (χ4n) is 1.08. The highest BCUT2D eigenvalue weighted by atomic mass is 32.2. The minimum atomic E-state index is 0.282. The molecule has 0 amide bonds. The molecule has 0 radical (unpaired) electrons. The van der Waals surface area contributed by atoms with Crippen LogP contribution in [0, 0.1) is 0 Å². The summed E-state index contributed by atoms with van der Waals surface area (Å²) in [5.41, 5.74) is 1.31. The van der Waals surface area contributed by atoms with Crippen molar-refractivity contribution in [2.24, 2.45) is 0 Å². The molecule has 1 N–H and O–H groups in total. The van der Waals surface area contributed by atoms with E-state index >= 15 is 0 Å². The summed E-state index contributed by atoms with van der Waals surface area (Å²) >= 11 is 1.75. The Balaban J connectivity index is 2.53. The molecule has 66 valence electrons. The van der Waals surface area contributed by atoms with Crippen molar-refractivity contribution in [1.29, 1.82) is 0 Å². The van der Waals surface area contributed by atoms with Crippen LogP contribution in [-0.2, 0) is 6.42 Å². The van der Waals surface area contributed by atoms with Crippen molar-refractivity contribution < 1.29 is 5.11 Å². The molecule has 0 bridgehead atoms. The number of rotatable bonds is 4. The van der Waals surface area contributed by atoms with E-state index in [1.165, 1.54) is 10.5 Å². The van der Waals surface area contributed by atoms with Crippen molar-refractivity contribution in [2.45, 2.75) is 17.7 Å². The van der Waals surface area contributed by atoms with Crippen LogP contribution >= 0.6 is 11.8 Å². The Morgan fingerprint density at radius 1 is 1.25 bits per heavy atom. The molecule has 0 aliphatic heterocycles. The average Bonchev–Trinajstić information content (AvgIpc) is 2.15. The van der Waals surface area contributed by atoms with E-state index in [1.54, 1.807) is 11.8 Å². The maximum absolute atomic E-state index is 8.62. The van der Waals surface area contributed by atoms with Gasteiger partial charge in [0, 0.05) is 11.5 Å². The van der Waals surface area contributed by atoms with Gasteiger partial charge in [-0.3, -0.25) is 0 Å². The van der Waals surface area contributed by atoms with E-state index < -0.39 is 0 Å². The summed E-state index contributed by atoms with van der Waals surface area (Å²) in [6.07, 6.45) is 3.91. The molecule has 0 heterocycles. The highest BCUT2D eigenvalue weighted by Gasteiger charge is 1.92. The molecule has 0 unspecified atom stereocenters. The third-order valence-electron chi connectivity index (χ3n) is 1.78. The third-order valence-corrected chi connectivity index (χ3v) is 2.53. The van der Waals surface area contributed by atoms with Gasteiger partial charge >= 0.3 is 0 Å². The minimum Gasteiger partial charge on any atom is -0.396 e. The van der Waals surface area contributed by atoms with Crippen LogP contribution in [0.5, 0.6) is 0 Å². The number of thioether (sulfide) groups is 1. The topological polar surface area (TPSA) is 20.2 Å². The van der Waals surface area contributed by atoms with E-state index in [0.717, 1.165) is 12.8 Å². The first-order valence-corrected chi connectivity index (χ1v) is 5.33. The van der Waals surface area contributed by atoms with Crippen molar-refractivity contribution >= 4 is 11.8 Å². The lowest BCUT2D eigenvalue weighted by molar-refractivity contribution is 0.288. The standard InChI is InChI=1S/C10H14OS/c1-12-10-6-4-9(5-7-10)3-2-8-11/h4-7,11H,2-3,8H2,1H3. The van der Waals surface area contributed by atoms with Gasteiger partial charge in [0.2, 0.25) is 0 Å². The Morgan fingerprint density at radius 3 is 2.42 bits per heavy atom. The van der Waals surface area contributed by atoms with Crippen molar-refractivity contribution in [1.82, 2.24) is 0 Å². The van der Waals surface area contributed by atoms with Gasteiger partial charge in [0.1, 0.15) is 0 Å². The highest BCUT2D eigenvalue weighted by molar-refractivity contribution is 7.98. The molecule has 0 aromatic heterocycles. The lowest BCUT2D eigenvalue weighted by atomic mass is 10.1. The summed E-state index contributed by atoms with van der Waals surface area (Å²) in [4.78, 5) is 1.29. The first-order chi connectivity index (χ1) is 5.86. The molecule has 2 heteroatoms. The SMILES string of the molecule is CSc1ccc(CCCO)cc1. The lowest BCUT2D eigenvalue weighted by Gasteiger charge is -2.00. The molecule has 0 atom stereocenters. The van der Waals surface area contributed by atoms with E-state index in [1.807, 2.05) is 0 Å². The number of aliphatic hydroxyl groups excluding tert-OH is 1. The predicted octanol–water partition coefficient (Wildman–Crippen LogP) is 2.33. The second kappa shape index (κ2) is 5.22. The highest BCUT2D eigenvalue weighted by Crippen LogP contribution is 2.15. The van der Waals surface area contributed by atoms with E-state index in [0.29, 0.717) is 0 Å². The van der Waals surface area contributed by atoms with E-state index in [-0.39, 0.29) is 6.61 Å². The lowest BCUT2D eigenvalue weighted by Crippen LogP contribution is -1.88. The number of aliphatic hydroxyl groups is 1. The van der Waals surface area contributed by atoms with Crippen LogP contribution < -0.4 is 0 Å². The fraction of sp³-hybridized carbons (Fsp3) is 0.400. The van der Waals surface area contributed by atoms with E-state index in [2.05, 4.69) is 30.5 Å². The normalized spacial score (nSPS) is 10.2. The summed E-state index contributed by atoms with van der Waals surface area (Å²) in [7, 11) is 0. The van der Waals surface area contributed by atoms with Crippen molar-refractivity contribution in [3.05, 3.63) is 29.8 Å². The zero-order valence-corrected chi connectivity index (χ0v) is 8.10. The molecule has 0 fully saturated rings. The Morgan fingerprint density at radius 2 is 1.92 bits per heavy atom. The molecule has 0 spiro atoms. The van der Waals surface area contributed by atoms with Gasteiger partial charge in [0.15, 0.2) is 0 Å². The maximum atomic E-state index is 8.62. The quantitative estimate of drug-likeness (QED) is 0.721. The summed E-state index contributed by atoms with van der Waals surface area (Å²) in [6, 6.07) is 8.50. The van der Waals surface area contributed by atoms with Crippen LogP contribution in [-0.4, -0.2) is 18.0 Å². The predicted molar refractivity (Wildman–Crippen MR) is 53.6 cm³/mol. The van der Waals surface area contributed by atoms with E-state index in [9.17, 15) is 0 Å². The summed E-state index contributed by atoms with van der Waals surface area (Å²) in [5, 5.41) is 8.62. The number of hydrogen-bond acceptors (Lipinski definition) is 2. The number of aryl methyl sites for hydroxylation is 1. The van der Waals surface area contributed by atoms with Crippen molar-refractivity contribution in [3.63, 3.8) is 0 Å². The van der Waals surface area contributed by atoms with Crippen LogP contribution in [0.15, 0.2) is 29.2 Å². The second-order valence-corrected chi connectivity index (χ2v) is 3.55. The summed E-state index contributed by atoms with van der Waals surface area (Å²) in [5.74, 6) is 0. The molecular formula is C10H14OS. The Kier molecular flexibility index (Phi) is 4.19. The third kappa shape index (κ3) is 2.88. The summed E-state index contributed by atoms with van der Waals surface area (Å²) in [6.45, 7) is 0.282. The van der Waals surface area contributed by atoms with Gasteiger partial charge in [-0.1, -0.05) is 12.1 Å². The molecule has 0 saturated heterocycles.